The predicted octanol–water partition coefficient (Wildman–Crippen LogP) is 4.15. The summed E-state index contributed by atoms with van der Waals surface area (Å²) in [6.07, 6.45) is -0.931. The maximum atomic E-state index is 15.6. The Bertz CT molecular complexity index is 2140. The number of carbonyl (C=O) groups excluding carboxylic acids is 3. The number of morpholine rings is 1. The van der Waals surface area contributed by atoms with Gasteiger partial charge < -0.3 is 24.4 Å². The first kappa shape index (κ1) is 42.1. The second kappa shape index (κ2) is 17.2. The minimum absolute atomic E-state index is 0.0136. The van der Waals surface area contributed by atoms with Crippen LogP contribution in [0.25, 0.3) is 16.7 Å². The Labute approximate surface area is 313 Å². The number of ether oxygens (including phenoxy) is 3. The van der Waals surface area contributed by atoms with Gasteiger partial charge in [-0.15, -0.1) is 0 Å². The molecule has 0 aliphatic carbocycles. The number of nitrogens with one attached hydrogen (secondary N) is 1. The Morgan fingerprint density at radius 1 is 1.05 bits per heavy atom. The standard InChI is InChI=1S/C35H36F4N6O8.C2H6/c1-19-12-21(44-10-11-51-17-26(44)35(37,38)39)14-23(36)28(19)29(46)42-24(31(48)52-18-53-32(49)34(2,3)4)13-20-6-7-27(41-15-20)45-30(47)22-8-9-40-16-25(22)43(5)33(45)50;1-2/h6-9,12,14-16,24,26H,10-11,13,17-18H2,1-5H3,(H,42,46);1-2H3/t24-,26+;/m0./s1. The van der Waals surface area contributed by atoms with Crippen LogP contribution in [0.15, 0.2) is 58.5 Å². The number of amides is 1. The van der Waals surface area contributed by atoms with Gasteiger partial charge >= 0.3 is 23.8 Å². The summed E-state index contributed by atoms with van der Waals surface area (Å²) in [5.41, 5.74) is -2.29. The molecule has 1 aliphatic heterocycles. The van der Waals surface area contributed by atoms with Crippen molar-refractivity contribution in [3.05, 3.63) is 92.3 Å². The van der Waals surface area contributed by atoms with Crippen LogP contribution in [0.5, 0.6) is 0 Å². The van der Waals surface area contributed by atoms with Crippen LogP contribution in [-0.2, 0) is 37.3 Å². The topological polar surface area (TPSA) is 164 Å². The number of esters is 2. The molecular formula is C37H42F4N6O8. The van der Waals surface area contributed by atoms with E-state index in [1.165, 1.54) is 61.4 Å². The normalized spacial score (nSPS) is 15.1. The Morgan fingerprint density at radius 3 is 2.38 bits per heavy atom. The molecular weight excluding hydrogens is 732 g/mol. The van der Waals surface area contributed by atoms with E-state index in [-0.39, 0.29) is 42.0 Å². The monoisotopic (exact) mass is 774 g/mol. The van der Waals surface area contributed by atoms with Crippen LogP contribution >= 0.6 is 0 Å². The summed E-state index contributed by atoms with van der Waals surface area (Å²) in [5, 5.41) is 2.62. The Balaban J connectivity index is 0.00000331. The lowest BCUT2D eigenvalue weighted by Crippen LogP contribution is -2.53. The minimum atomic E-state index is -4.67. The summed E-state index contributed by atoms with van der Waals surface area (Å²) in [7, 11) is 1.47. The molecule has 0 saturated carbocycles. The van der Waals surface area contributed by atoms with E-state index < -0.39 is 77.6 Å². The first-order valence-electron chi connectivity index (χ1n) is 17.3. The number of fused-ring (bicyclic) bond motifs is 1. The molecule has 1 N–H and O–H groups in total. The molecule has 4 aromatic rings. The van der Waals surface area contributed by atoms with Gasteiger partial charge in [0.25, 0.3) is 11.5 Å². The average molecular weight is 775 g/mol. The van der Waals surface area contributed by atoms with Gasteiger partial charge in [0.1, 0.15) is 23.7 Å². The Kier molecular flexibility index (Phi) is 13.2. The lowest BCUT2D eigenvalue weighted by molar-refractivity contribution is -0.174. The van der Waals surface area contributed by atoms with Crippen molar-refractivity contribution in [1.29, 1.82) is 0 Å². The predicted molar refractivity (Wildman–Crippen MR) is 192 cm³/mol. The quantitative estimate of drug-likeness (QED) is 0.148. The van der Waals surface area contributed by atoms with Crippen LogP contribution in [0.4, 0.5) is 23.2 Å². The second-order valence-electron chi connectivity index (χ2n) is 13.3. The van der Waals surface area contributed by atoms with E-state index in [0.29, 0.717) is 11.1 Å². The lowest BCUT2D eigenvalue weighted by atomic mass is 9.98. The van der Waals surface area contributed by atoms with Crippen molar-refractivity contribution in [2.24, 2.45) is 12.5 Å². The SMILES string of the molecule is CC.Cc1cc(N2CCOC[C@@H]2C(F)(F)F)cc(F)c1C(=O)N[C@@H](Cc1ccc(-n2c(=O)c3ccncc3n(C)c2=O)nc1)C(=O)OCOC(=O)C(C)(C)C. The van der Waals surface area contributed by atoms with Crippen LogP contribution in [0.3, 0.4) is 0 Å². The number of alkyl halides is 3. The first-order valence-corrected chi connectivity index (χ1v) is 17.3. The highest BCUT2D eigenvalue weighted by atomic mass is 19.4. The molecule has 1 aliphatic rings. The van der Waals surface area contributed by atoms with Gasteiger partial charge in [-0.25, -0.2) is 23.5 Å². The molecule has 4 heterocycles. The zero-order chi connectivity index (χ0) is 40.8. The van der Waals surface area contributed by atoms with E-state index in [4.69, 9.17) is 14.2 Å². The van der Waals surface area contributed by atoms with E-state index in [9.17, 15) is 37.1 Å². The summed E-state index contributed by atoms with van der Waals surface area (Å²) in [6.45, 7) is 8.45. The molecule has 1 saturated heterocycles. The number of nitrogens with zero attached hydrogens (tertiary/aromatic N) is 5. The van der Waals surface area contributed by atoms with E-state index in [0.717, 1.165) is 15.5 Å². The second-order valence-corrected chi connectivity index (χ2v) is 13.3. The van der Waals surface area contributed by atoms with Crippen molar-refractivity contribution in [2.75, 3.05) is 31.5 Å². The molecule has 14 nitrogen and oxygen atoms in total. The third kappa shape index (κ3) is 9.54. The van der Waals surface area contributed by atoms with E-state index in [2.05, 4.69) is 15.3 Å². The summed E-state index contributed by atoms with van der Waals surface area (Å²) in [6, 6.07) is 2.74. The molecule has 1 amide bonds. The van der Waals surface area contributed by atoms with Gasteiger partial charge in [0.15, 0.2) is 0 Å². The van der Waals surface area contributed by atoms with Crippen LogP contribution in [0, 0.1) is 18.2 Å². The molecule has 5 rings (SSSR count). The largest absolute Gasteiger partial charge is 0.427 e. The average Bonchev–Trinajstić information content (AvgIpc) is 3.14. The molecule has 0 unspecified atom stereocenters. The molecule has 1 aromatic carbocycles. The summed E-state index contributed by atoms with van der Waals surface area (Å²) in [5.74, 6) is -4.02. The fourth-order valence-electron chi connectivity index (χ4n) is 5.65. The van der Waals surface area contributed by atoms with Gasteiger partial charge in [-0.2, -0.15) is 13.2 Å². The number of halogens is 4. The van der Waals surface area contributed by atoms with Crippen molar-refractivity contribution in [3.8, 4) is 5.82 Å². The number of anilines is 1. The zero-order valence-corrected chi connectivity index (χ0v) is 31.3. The van der Waals surface area contributed by atoms with Crippen molar-refractivity contribution in [2.45, 2.75) is 66.2 Å². The van der Waals surface area contributed by atoms with Gasteiger partial charge in [0.2, 0.25) is 6.79 Å². The highest BCUT2D eigenvalue weighted by molar-refractivity contribution is 5.98. The smallest absolute Gasteiger partial charge is 0.411 e. The number of aryl methyl sites for hydroxylation is 2. The Morgan fingerprint density at radius 2 is 1.76 bits per heavy atom. The molecule has 1 fully saturated rings. The summed E-state index contributed by atoms with van der Waals surface area (Å²) < 4.78 is 73.9. The van der Waals surface area contributed by atoms with Gasteiger partial charge in [0.05, 0.1) is 41.3 Å². The molecule has 55 heavy (non-hydrogen) atoms. The first-order chi connectivity index (χ1) is 25.9. The van der Waals surface area contributed by atoms with E-state index in [1.54, 1.807) is 20.8 Å². The van der Waals surface area contributed by atoms with Crippen molar-refractivity contribution in [1.82, 2.24) is 24.4 Å². The number of rotatable bonds is 9. The molecule has 2 atom stereocenters. The number of benzene rings is 1. The molecule has 0 spiro atoms. The summed E-state index contributed by atoms with van der Waals surface area (Å²) >= 11 is 0. The van der Waals surface area contributed by atoms with Crippen molar-refractivity contribution >= 4 is 34.4 Å². The van der Waals surface area contributed by atoms with E-state index >= 15 is 4.39 Å². The highest BCUT2D eigenvalue weighted by Crippen LogP contribution is 2.33. The summed E-state index contributed by atoms with van der Waals surface area (Å²) in [4.78, 5) is 74.4. The number of hydrogen-bond acceptors (Lipinski definition) is 11. The molecule has 18 heteroatoms. The minimum Gasteiger partial charge on any atom is -0.427 e. The maximum absolute atomic E-state index is 15.6. The maximum Gasteiger partial charge on any atom is 0.411 e. The zero-order valence-electron chi connectivity index (χ0n) is 31.3. The number of hydrogen-bond donors (Lipinski definition) is 1. The number of carbonyl (C=O) groups is 3. The van der Waals surface area contributed by atoms with Gasteiger partial charge in [0, 0.05) is 38.1 Å². The number of aromatic nitrogens is 4. The molecule has 0 radical (unpaired) electrons. The van der Waals surface area contributed by atoms with Crippen molar-refractivity contribution in [3.63, 3.8) is 0 Å². The van der Waals surface area contributed by atoms with Gasteiger partial charge in [-0.05, 0) is 63.1 Å². The van der Waals surface area contributed by atoms with Crippen molar-refractivity contribution < 1.29 is 46.2 Å². The van der Waals surface area contributed by atoms with Crippen LogP contribution in [0.1, 0.15) is 56.1 Å². The van der Waals surface area contributed by atoms with Gasteiger partial charge in [-0.3, -0.25) is 23.9 Å². The third-order valence-electron chi connectivity index (χ3n) is 8.48. The number of pyridine rings is 2. The van der Waals surface area contributed by atoms with Crippen LogP contribution in [-0.4, -0.2) is 81.8 Å². The fourth-order valence-corrected chi connectivity index (χ4v) is 5.65. The molecule has 296 valence electrons. The van der Waals surface area contributed by atoms with E-state index in [1.807, 2.05) is 13.8 Å². The fraction of sp³-hybridized carbons (Fsp3) is 0.432. The molecule has 3 aromatic heterocycles. The van der Waals surface area contributed by atoms with Gasteiger partial charge in [-0.1, -0.05) is 19.9 Å². The Hall–Kier alpha value is -5.65. The van der Waals surface area contributed by atoms with Crippen LogP contribution in [0.2, 0.25) is 0 Å². The highest BCUT2D eigenvalue weighted by Gasteiger charge is 2.45. The lowest BCUT2D eigenvalue weighted by Gasteiger charge is -2.38. The molecule has 0 bridgehead atoms. The third-order valence-corrected chi connectivity index (χ3v) is 8.48. The van der Waals surface area contributed by atoms with Crippen LogP contribution < -0.4 is 21.5 Å².